The van der Waals surface area contributed by atoms with Gasteiger partial charge >= 0.3 is 6.03 Å². The van der Waals surface area contributed by atoms with Crippen molar-refractivity contribution in [3.05, 3.63) is 30.1 Å². The number of carbonyl (C=O) groups excluding carboxylic acids is 1. The zero-order valence-electron chi connectivity index (χ0n) is 12.1. The Bertz CT molecular complexity index is 485. The lowest BCUT2D eigenvalue weighted by Crippen LogP contribution is -2.45. The van der Waals surface area contributed by atoms with Crippen LogP contribution in [0.3, 0.4) is 0 Å². The molecule has 21 heavy (non-hydrogen) atoms. The van der Waals surface area contributed by atoms with Crippen LogP contribution in [0.1, 0.15) is 25.7 Å². The summed E-state index contributed by atoms with van der Waals surface area (Å²) in [5, 5.41) is 6.26. The van der Waals surface area contributed by atoms with Crippen molar-refractivity contribution in [2.24, 2.45) is 5.92 Å². The number of nitrogens with one attached hydrogen (secondary N) is 2. The maximum absolute atomic E-state index is 12.9. The average Bonchev–Trinajstić information content (AvgIpc) is 3.00. The normalized spacial score (nSPS) is 23.3. The largest absolute Gasteiger partial charge is 0.322 e. The lowest BCUT2D eigenvalue weighted by Gasteiger charge is -2.34. The van der Waals surface area contributed by atoms with Crippen molar-refractivity contribution < 1.29 is 9.18 Å². The molecule has 2 aliphatic rings. The average molecular weight is 291 g/mol. The molecule has 0 aromatic heterocycles. The van der Waals surface area contributed by atoms with Crippen LogP contribution in [0.4, 0.5) is 14.9 Å². The van der Waals surface area contributed by atoms with E-state index < -0.39 is 0 Å². The first kappa shape index (κ1) is 14.3. The molecule has 2 heterocycles. The maximum atomic E-state index is 12.9. The summed E-state index contributed by atoms with van der Waals surface area (Å²) in [6.07, 6.45) is 4.46. The number of benzene rings is 1. The molecule has 0 saturated carbocycles. The third-order valence-electron chi connectivity index (χ3n) is 4.58. The number of amides is 2. The number of halogens is 1. The summed E-state index contributed by atoms with van der Waals surface area (Å²) in [4.78, 5) is 14.4. The third-order valence-corrected chi connectivity index (χ3v) is 4.58. The molecule has 2 aliphatic heterocycles. The van der Waals surface area contributed by atoms with E-state index in [4.69, 9.17) is 0 Å². The summed E-state index contributed by atoms with van der Waals surface area (Å²) in [5.74, 6) is 0.314. The zero-order valence-corrected chi connectivity index (χ0v) is 12.1. The van der Waals surface area contributed by atoms with E-state index >= 15 is 0 Å². The second-order valence-electron chi connectivity index (χ2n) is 5.93. The Kier molecular flexibility index (Phi) is 4.39. The SMILES string of the molecule is O=C(Nc1ccc(F)cc1)N1CCCC1C1CCNCC1. The van der Waals surface area contributed by atoms with Crippen molar-refractivity contribution in [1.82, 2.24) is 10.2 Å². The Labute approximate surface area is 124 Å². The van der Waals surface area contributed by atoms with Crippen LogP contribution in [0, 0.1) is 11.7 Å². The molecule has 4 nitrogen and oxygen atoms in total. The summed E-state index contributed by atoms with van der Waals surface area (Å²) in [5.41, 5.74) is 0.650. The lowest BCUT2D eigenvalue weighted by atomic mass is 9.89. The van der Waals surface area contributed by atoms with Gasteiger partial charge in [0, 0.05) is 18.3 Å². The highest BCUT2D eigenvalue weighted by atomic mass is 19.1. The Morgan fingerprint density at radius 2 is 1.90 bits per heavy atom. The fraction of sp³-hybridized carbons (Fsp3) is 0.562. The van der Waals surface area contributed by atoms with E-state index in [-0.39, 0.29) is 11.8 Å². The number of hydrogen-bond donors (Lipinski definition) is 2. The standard InChI is InChI=1S/C16H22FN3O/c17-13-3-5-14(6-4-13)19-16(21)20-11-1-2-15(20)12-7-9-18-10-8-12/h3-6,12,15,18H,1-2,7-11H2,(H,19,21). The van der Waals surface area contributed by atoms with E-state index in [1.54, 1.807) is 12.1 Å². The molecule has 3 rings (SSSR count). The molecule has 1 aromatic carbocycles. The van der Waals surface area contributed by atoms with Gasteiger partial charge in [0.05, 0.1) is 0 Å². The first-order valence-corrected chi connectivity index (χ1v) is 7.78. The zero-order chi connectivity index (χ0) is 14.7. The van der Waals surface area contributed by atoms with E-state index in [9.17, 15) is 9.18 Å². The molecule has 1 aromatic rings. The molecule has 2 fully saturated rings. The van der Waals surface area contributed by atoms with E-state index in [1.807, 2.05) is 4.90 Å². The van der Waals surface area contributed by atoms with Crippen molar-refractivity contribution in [2.75, 3.05) is 25.0 Å². The monoisotopic (exact) mass is 291 g/mol. The van der Waals surface area contributed by atoms with Crippen molar-refractivity contribution >= 4 is 11.7 Å². The van der Waals surface area contributed by atoms with Crippen LogP contribution in [0.2, 0.25) is 0 Å². The number of likely N-dealkylation sites (tertiary alicyclic amines) is 1. The van der Waals surface area contributed by atoms with Gasteiger partial charge in [0.15, 0.2) is 0 Å². The molecule has 1 atom stereocenters. The summed E-state index contributed by atoms with van der Waals surface area (Å²) < 4.78 is 12.9. The minimum Gasteiger partial charge on any atom is -0.321 e. The first-order valence-electron chi connectivity index (χ1n) is 7.78. The van der Waals surface area contributed by atoms with Crippen LogP contribution in [0.15, 0.2) is 24.3 Å². The fourth-order valence-corrected chi connectivity index (χ4v) is 3.49. The second kappa shape index (κ2) is 6.43. The van der Waals surface area contributed by atoms with Gasteiger partial charge in [-0.15, -0.1) is 0 Å². The minimum absolute atomic E-state index is 0.0531. The van der Waals surface area contributed by atoms with Gasteiger partial charge in [-0.1, -0.05) is 0 Å². The topological polar surface area (TPSA) is 44.4 Å². The highest BCUT2D eigenvalue weighted by molar-refractivity contribution is 5.89. The van der Waals surface area contributed by atoms with Crippen LogP contribution >= 0.6 is 0 Å². The highest BCUT2D eigenvalue weighted by Crippen LogP contribution is 2.30. The predicted octanol–water partition coefficient (Wildman–Crippen LogP) is 2.82. The predicted molar refractivity (Wildman–Crippen MR) is 80.7 cm³/mol. The van der Waals surface area contributed by atoms with Crippen LogP contribution in [0.5, 0.6) is 0 Å². The third kappa shape index (κ3) is 3.35. The lowest BCUT2D eigenvalue weighted by molar-refractivity contribution is 0.170. The van der Waals surface area contributed by atoms with Crippen LogP contribution < -0.4 is 10.6 Å². The van der Waals surface area contributed by atoms with Gasteiger partial charge in [0.25, 0.3) is 0 Å². The molecule has 5 heteroatoms. The first-order chi connectivity index (χ1) is 10.2. The van der Waals surface area contributed by atoms with Crippen LogP contribution in [-0.4, -0.2) is 36.6 Å². The van der Waals surface area contributed by atoms with E-state index in [2.05, 4.69) is 10.6 Å². The minimum atomic E-state index is -0.290. The van der Waals surface area contributed by atoms with Crippen molar-refractivity contribution in [3.8, 4) is 0 Å². The Morgan fingerprint density at radius 3 is 2.62 bits per heavy atom. The van der Waals surface area contributed by atoms with Gasteiger partial charge in [-0.05, 0) is 69.0 Å². The molecule has 1 unspecified atom stereocenters. The molecule has 0 radical (unpaired) electrons. The molecular formula is C16H22FN3O. The fourth-order valence-electron chi connectivity index (χ4n) is 3.49. The Hall–Kier alpha value is -1.62. The van der Waals surface area contributed by atoms with E-state index in [0.29, 0.717) is 17.6 Å². The number of carbonyl (C=O) groups is 1. The maximum Gasteiger partial charge on any atom is 0.322 e. The summed E-state index contributed by atoms with van der Waals surface area (Å²) in [6.45, 7) is 2.92. The van der Waals surface area contributed by atoms with Crippen molar-refractivity contribution in [1.29, 1.82) is 0 Å². The van der Waals surface area contributed by atoms with Gasteiger partial charge in [-0.3, -0.25) is 0 Å². The molecule has 2 N–H and O–H groups in total. The second-order valence-corrected chi connectivity index (χ2v) is 5.93. The van der Waals surface area contributed by atoms with Gasteiger partial charge in [-0.25, -0.2) is 9.18 Å². The van der Waals surface area contributed by atoms with Crippen LogP contribution in [-0.2, 0) is 0 Å². The summed E-state index contributed by atoms with van der Waals surface area (Å²) in [7, 11) is 0. The van der Waals surface area contributed by atoms with E-state index in [0.717, 1.165) is 45.3 Å². The molecule has 114 valence electrons. The number of rotatable bonds is 2. The van der Waals surface area contributed by atoms with Crippen molar-refractivity contribution in [3.63, 3.8) is 0 Å². The van der Waals surface area contributed by atoms with Gasteiger partial charge in [0.1, 0.15) is 5.82 Å². The summed E-state index contributed by atoms with van der Waals surface area (Å²) in [6, 6.07) is 6.23. The summed E-state index contributed by atoms with van der Waals surface area (Å²) >= 11 is 0. The number of anilines is 1. The quantitative estimate of drug-likeness (QED) is 0.880. The van der Waals surface area contributed by atoms with Crippen LogP contribution in [0.25, 0.3) is 0 Å². The molecule has 0 bridgehead atoms. The molecule has 0 aliphatic carbocycles. The molecule has 2 saturated heterocycles. The molecule has 2 amide bonds. The smallest absolute Gasteiger partial charge is 0.321 e. The van der Waals surface area contributed by atoms with Gasteiger partial charge < -0.3 is 15.5 Å². The molecular weight excluding hydrogens is 269 g/mol. The van der Waals surface area contributed by atoms with Gasteiger partial charge in [0.2, 0.25) is 0 Å². The number of hydrogen-bond acceptors (Lipinski definition) is 2. The Morgan fingerprint density at radius 1 is 1.19 bits per heavy atom. The number of urea groups is 1. The highest BCUT2D eigenvalue weighted by Gasteiger charge is 2.35. The van der Waals surface area contributed by atoms with E-state index in [1.165, 1.54) is 12.1 Å². The van der Waals surface area contributed by atoms with Crippen molar-refractivity contribution in [2.45, 2.75) is 31.7 Å². The van der Waals surface area contributed by atoms with Gasteiger partial charge in [-0.2, -0.15) is 0 Å². The Balaban J connectivity index is 1.63. The molecule has 0 spiro atoms. The number of piperidine rings is 1. The number of nitrogens with zero attached hydrogens (tertiary/aromatic N) is 1.